The molecule has 4 amide bonds. The molecular formula is C29H26ClN5O4. The molecule has 4 N–H and O–H groups in total. The molecule has 9 nitrogen and oxygen atoms in total. The first kappa shape index (κ1) is 26.1. The Hall–Kier alpha value is -4.47. The molecule has 0 fully saturated rings. The van der Waals surface area contributed by atoms with E-state index >= 15 is 0 Å². The van der Waals surface area contributed by atoms with E-state index in [1.807, 2.05) is 24.1 Å². The Balaban J connectivity index is 0.00000308. The molecule has 2 heterocycles. The maximum absolute atomic E-state index is 13.2. The Morgan fingerprint density at radius 1 is 0.615 bits per heavy atom. The lowest BCUT2D eigenvalue weighted by Crippen LogP contribution is -2.47. The van der Waals surface area contributed by atoms with Crippen LogP contribution >= 0.6 is 12.4 Å². The highest BCUT2D eigenvalue weighted by Crippen LogP contribution is 2.33. The standard InChI is InChI=1S/C29H25N5O4.ClH/c1-32(8-10-33-26(35)20-6-2-4-16-12-18(30)14-22(24(16)20)28(33)37)9-11-34-27(36)21-7-3-5-17-13-19(31)15-23(25(17)21)29(34)38;/h2-7,12-15H,8-11,30-31H2,1H3;1H. The molecule has 0 saturated heterocycles. The molecule has 2 aliphatic heterocycles. The van der Waals surface area contributed by atoms with Crippen molar-refractivity contribution in [3.63, 3.8) is 0 Å². The van der Waals surface area contributed by atoms with E-state index in [1.54, 1.807) is 48.5 Å². The number of anilines is 2. The van der Waals surface area contributed by atoms with E-state index in [2.05, 4.69) is 0 Å². The minimum Gasteiger partial charge on any atom is -0.399 e. The molecule has 39 heavy (non-hydrogen) atoms. The Bertz CT molecular complexity index is 1590. The molecule has 4 aromatic carbocycles. The number of rotatable bonds is 6. The van der Waals surface area contributed by atoms with Crippen LogP contribution in [-0.2, 0) is 0 Å². The van der Waals surface area contributed by atoms with Gasteiger partial charge in [0.05, 0.1) is 11.1 Å². The number of imide groups is 2. The maximum Gasteiger partial charge on any atom is 0.261 e. The van der Waals surface area contributed by atoms with Gasteiger partial charge in [0, 0.05) is 59.5 Å². The molecule has 10 heteroatoms. The number of hydrogen-bond donors (Lipinski definition) is 2. The van der Waals surface area contributed by atoms with Crippen molar-refractivity contribution in [3.8, 4) is 0 Å². The summed E-state index contributed by atoms with van der Waals surface area (Å²) in [5.74, 6) is -1.48. The summed E-state index contributed by atoms with van der Waals surface area (Å²) in [6, 6.07) is 17.4. The molecule has 0 bridgehead atoms. The van der Waals surface area contributed by atoms with Crippen molar-refractivity contribution in [2.45, 2.75) is 0 Å². The molecule has 198 valence electrons. The summed E-state index contributed by atoms with van der Waals surface area (Å²) in [5, 5.41) is 2.76. The largest absolute Gasteiger partial charge is 0.399 e. The quantitative estimate of drug-likeness (QED) is 0.281. The van der Waals surface area contributed by atoms with Gasteiger partial charge in [-0.1, -0.05) is 24.3 Å². The lowest BCUT2D eigenvalue weighted by molar-refractivity contribution is 0.0588. The van der Waals surface area contributed by atoms with Gasteiger partial charge in [0.25, 0.3) is 23.6 Å². The number of amides is 4. The van der Waals surface area contributed by atoms with E-state index in [0.717, 1.165) is 10.8 Å². The summed E-state index contributed by atoms with van der Waals surface area (Å²) in [5.41, 5.74) is 14.7. The van der Waals surface area contributed by atoms with Crippen LogP contribution in [0, 0.1) is 0 Å². The Labute approximate surface area is 230 Å². The third-order valence-corrected chi connectivity index (χ3v) is 7.31. The molecule has 4 aromatic rings. The van der Waals surface area contributed by atoms with Crippen LogP contribution in [0.4, 0.5) is 11.4 Å². The van der Waals surface area contributed by atoms with Gasteiger partial charge in [0.2, 0.25) is 0 Å². The molecule has 2 aliphatic rings. The lowest BCUT2D eigenvalue weighted by Gasteiger charge is -2.31. The molecule has 0 unspecified atom stereocenters. The Kier molecular flexibility index (Phi) is 6.49. The van der Waals surface area contributed by atoms with Crippen molar-refractivity contribution in [2.24, 2.45) is 0 Å². The fourth-order valence-electron chi connectivity index (χ4n) is 5.42. The highest BCUT2D eigenvalue weighted by molar-refractivity contribution is 6.27. The van der Waals surface area contributed by atoms with Crippen molar-refractivity contribution in [1.82, 2.24) is 14.7 Å². The second-order valence-corrected chi connectivity index (χ2v) is 9.77. The number of likely N-dealkylation sites (N-methyl/N-ethyl adjacent to an activating group) is 1. The average Bonchev–Trinajstić information content (AvgIpc) is 2.89. The zero-order valence-corrected chi connectivity index (χ0v) is 22.0. The molecular weight excluding hydrogens is 518 g/mol. The van der Waals surface area contributed by atoms with Gasteiger partial charge >= 0.3 is 0 Å². The molecule has 0 atom stereocenters. The van der Waals surface area contributed by atoms with Gasteiger partial charge < -0.3 is 16.4 Å². The number of carbonyl (C=O) groups is 4. The van der Waals surface area contributed by atoms with E-state index < -0.39 is 0 Å². The molecule has 0 aromatic heterocycles. The van der Waals surface area contributed by atoms with Crippen molar-refractivity contribution < 1.29 is 19.2 Å². The summed E-state index contributed by atoms with van der Waals surface area (Å²) in [7, 11) is 1.82. The number of nitrogen functional groups attached to an aromatic ring is 2. The second kappa shape index (κ2) is 9.68. The van der Waals surface area contributed by atoms with Crippen LogP contribution in [0.5, 0.6) is 0 Å². The summed E-state index contributed by atoms with van der Waals surface area (Å²) < 4.78 is 0. The van der Waals surface area contributed by atoms with E-state index in [4.69, 9.17) is 11.5 Å². The fraction of sp³-hybridized carbons (Fsp3) is 0.172. The average molecular weight is 544 g/mol. The Morgan fingerprint density at radius 2 is 1.00 bits per heavy atom. The topological polar surface area (TPSA) is 130 Å². The first-order valence-electron chi connectivity index (χ1n) is 12.3. The monoisotopic (exact) mass is 543 g/mol. The van der Waals surface area contributed by atoms with E-state index in [1.165, 1.54) is 9.80 Å². The van der Waals surface area contributed by atoms with Crippen LogP contribution in [0.2, 0.25) is 0 Å². The minimum atomic E-state index is -0.386. The number of nitrogens with two attached hydrogens (primary N) is 2. The van der Waals surface area contributed by atoms with Crippen molar-refractivity contribution in [3.05, 3.63) is 82.9 Å². The van der Waals surface area contributed by atoms with Crippen LogP contribution < -0.4 is 11.5 Å². The number of nitrogens with zero attached hydrogens (tertiary/aromatic N) is 3. The van der Waals surface area contributed by atoms with E-state index in [-0.39, 0.29) is 49.1 Å². The Morgan fingerprint density at radius 3 is 1.41 bits per heavy atom. The van der Waals surface area contributed by atoms with Gasteiger partial charge in [-0.3, -0.25) is 29.0 Å². The summed E-state index contributed by atoms with van der Waals surface area (Å²) >= 11 is 0. The van der Waals surface area contributed by atoms with Crippen LogP contribution in [0.3, 0.4) is 0 Å². The number of halogens is 1. The zero-order valence-electron chi connectivity index (χ0n) is 21.1. The minimum absolute atomic E-state index is 0. The SMILES string of the molecule is CN(CCN1C(=O)c2cccc3cc(N)cc(c23)C1=O)CCN1C(=O)c2cccc3cc(N)cc(c23)C1=O.Cl. The molecule has 0 aliphatic carbocycles. The first-order chi connectivity index (χ1) is 18.2. The van der Waals surface area contributed by atoms with Crippen molar-refractivity contribution >= 4 is 69.0 Å². The molecule has 0 saturated carbocycles. The second-order valence-electron chi connectivity index (χ2n) is 9.77. The van der Waals surface area contributed by atoms with E-state index in [9.17, 15) is 19.2 Å². The highest BCUT2D eigenvalue weighted by atomic mass is 35.5. The maximum atomic E-state index is 13.2. The van der Waals surface area contributed by atoms with Crippen LogP contribution in [0.25, 0.3) is 21.5 Å². The number of carbonyl (C=O) groups excluding carboxylic acids is 4. The third-order valence-electron chi connectivity index (χ3n) is 7.31. The van der Waals surface area contributed by atoms with Crippen molar-refractivity contribution in [1.29, 1.82) is 0 Å². The predicted octanol–water partition coefficient (Wildman–Crippen LogP) is 3.40. The third kappa shape index (κ3) is 4.16. The van der Waals surface area contributed by atoms with Crippen molar-refractivity contribution in [2.75, 3.05) is 44.7 Å². The zero-order chi connectivity index (χ0) is 26.7. The van der Waals surface area contributed by atoms with Crippen LogP contribution in [0.1, 0.15) is 41.4 Å². The van der Waals surface area contributed by atoms with Crippen LogP contribution in [0.15, 0.2) is 60.7 Å². The smallest absolute Gasteiger partial charge is 0.261 e. The molecule has 6 rings (SSSR count). The van der Waals surface area contributed by atoms with Gasteiger partial charge in [0.1, 0.15) is 0 Å². The highest BCUT2D eigenvalue weighted by Gasteiger charge is 2.34. The normalized spacial score (nSPS) is 14.5. The van der Waals surface area contributed by atoms with Gasteiger partial charge in [-0.05, 0) is 54.2 Å². The molecule has 0 radical (unpaired) electrons. The van der Waals surface area contributed by atoms with E-state index in [0.29, 0.717) is 57.5 Å². The summed E-state index contributed by atoms with van der Waals surface area (Å²) in [4.78, 5) is 57.2. The first-order valence-corrected chi connectivity index (χ1v) is 12.3. The predicted molar refractivity (Wildman–Crippen MR) is 152 cm³/mol. The van der Waals surface area contributed by atoms with Gasteiger partial charge in [-0.2, -0.15) is 0 Å². The van der Waals surface area contributed by atoms with Gasteiger partial charge in [-0.25, -0.2) is 0 Å². The van der Waals surface area contributed by atoms with Crippen LogP contribution in [-0.4, -0.2) is 71.6 Å². The fourth-order valence-corrected chi connectivity index (χ4v) is 5.42. The summed E-state index contributed by atoms with van der Waals surface area (Å²) in [6.07, 6.45) is 0. The lowest BCUT2D eigenvalue weighted by atomic mass is 9.93. The van der Waals surface area contributed by atoms with Gasteiger partial charge in [-0.15, -0.1) is 12.4 Å². The number of benzene rings is 4. The number of hydrogen-bond acceptors (Lipinski definition) is 7. The summed E-state index contributed by atoms with van der Waals surface area (Å²) in [6.45, 7) is 1.03. The van der Waals surface area contributed by atoms with Gasteiger partial charge in [0.15, 0.2) is 0 Å². The molecule has 0 spiro atoms.